The second kappa shape index (κ2) is 6.26. The molecule has 0 aromatic carbocycles. The third-order valence-electron chi connectivity index (χ3n) is 3.55. The molecule has 0 bridgehead atoms. The van der Waals surface area contributed by atoms with Crippen LogP contribution in [0.25, 0.3) is 0 Å². The lowest BCUT2D eigenvalue weighted by Crippen LogP contribution is -2.35. The summed E-state index contributed by atoms with van der Waals surface area (Å²) in [5.74, 6) is 1.53. The summed E-state index contributed by atoms with van der Waals surface area (Å²) in [5, 5.41) is 0. The van der Waals surface area contributed by atoms with E-state index >= 15 is 0 Å². The zero-order valence-electron chi connectivity index (χ0n) is 10.2. The average molecular weight is 211 g/mol. The van der Waals surface area contributed by atoms with Crippen LogP contribution in [-0.4, -0.2) is 11.8 Å². The Morgan fingerprint density at radius 3 is 2.53 bits per heavy atom. The summed E-state index contributed by atoms with van der Waals surface area (Å²) in [5.41, 5.74) is 5.78. The predicted octanol–water partition coefficient (Wildman–Crippen LogP) is 2.90. The summed E-state index contributed by atoms with van der Waals surface area (Å²) in [7, 11) is 0. The highest BCUT2D eigenvalue weighted by atomic mass is 16.1. The molecule has 2 atom stereocenters. The molecule has 1 aliphatic carbocycles. The maximum Gasteiger partial charge on any atom is 0.146 e. The van der Waals surface area contributed by atoms with Gasteiger partial charge >= 0.3 is 0 Å². The number of unbranched alkanes of at least 4 members (excludes halogenated alkanes) is 2. The van der Waals surface area contributed by atoms with Gasteiger partial charge in [0.1, 0.15) is 5.78 Å². The number of carbonyl (C=O) groups excluding carboxylic acids is 1. The van der Waals surface area contributed by atoms with Crippen molar-refractivity contribution in [2.45, 2.75) is 64.8 Å². The Bertz CT molecular complexity index is 199. The van der Waals surface area contributed by atoms with Gasteiger partial charge in [-0.25, -0.2) is 0 Å². The van der Waals surface area contributed by atoms with E-state index in [2.05, 4.69) is 6.92 Å². The van der Waals surface area contributed by atoms with Crippen LogP contribution < -0.4 is 5.73 Å². The molecule has 0 unspecified atom stereocenters. The Morgan fingerprint density at radius 2 is 2.00 bits per heavy atom. The molecule has 88 valence electrons. The molecule has 0 radical (unpaired) electrons. The van der Waals surface area contributed by atoms with Crippen LogP contribution in [0.4, 0.5) is 0 Å². The molecule has 0 aromatic rings. The van der Waals surface area contributed by atoms with Crippen LogP contribution in [0.1, 0.15) is 58.8 Å². The molecule has 2 heteroatoms. The Kier molecular flexibility index (Phi) is 5.30. The number of ketones is 1. The first kappa shape index (κ1) is 12.7. The van der Waals surface area contributed by atoms with E-state index in [1.54, 1.807) is 6.92 Å². The van der Waals surface area contributed by atoms with Crippen molar-refractivity contribution in [3.8, 4) is 0 Å². The first-order valence-electron chi connectivity index (χ1n) is 6.37. The van der Waals surface area contributed by atoms with Gasteiger partial charge in [0.2, 0.25) is 0 Å². The molecule has 1 saturated carbocycles. The molecule has 15 heavy (non-hydrogen) atoms. The van der Waals surface area contributed by atoms with Gasteiger partial charge in [0.15, 0.2) is 0 Å². The molecule has 0 aromatic heterocycles. The normalized spacial score (nSPS) is 19.9. The van der Waals surface area contributed by atoms with Crippen molar-refractivity contribution < 1.29 is 4.79 Å². The molecule has 2 nitrogen and oxygen atoms in total. The summed E-state index contributed by atoms with van der Waals surface area (Å²) in [6, 6.07) is -0.242. The van der Waals surface area contributed by atoms with Crippen LogP contribution >= 0.6 is 0 Å². The Balaban J connectivity index is 1.95. The van der Waals surface area contributed by atoms with Gasteiger partial charge in [0.05, 0.1) is 6.04 Å². The second-order valence-corrected chi connectivity index (χ2v) is 5.20. The average Bonchev–Trinajstić information content (AvgIpc) is 2.99. The van der Waals surface area contributed by atoms with Gasteiger partial charge in [-0.15, -0.1) is 0 Å². The van der Waals surface area contributed by atoms with Gasteiger partial charge in [-0.3, -0.25) is 4.79 Å². The summed E-state index contributed by atoms with van der Waals surface area (Å²) in [4.78, 5) is 11.0. The number of hydrogen-bond acceptors (Lipinski definition) is 2. The van der Waals surface area contributed by atoms with Gasteiger partial charge in [-0.05, 0) is 25.2 Å². The van der Waals surface area contributed by atoms with Gasteiger partial charge in [0.25, 0.3) is 0 Å². The molecule has 2 N–H and O–H groups in total. The van der Waals surface area contributed by atoms with E-state index in [1.807, 2.05) is 0 Å². The van der Waals surface area contributed by atoms with E-state index in [4.69, 9.17) is 5.73 Å². The van der Waals surface area contributed by atoms with Crippen molar-refractivity contribution in [2.75, 3.05) is 0 Å². The number of Topliss-reactive ketones (excluding diaryl/α,β-unsaturated/α-hetero) is 1. The molecule has 0 aliphatic heterocycles. The highest BCUT2D eigenvalue weighted by Crippen LogP contribution is 2.34. The van der Waals surface area contributed by atoms with Gasteiger partial charge in [-0.1, -0.05) is 45.4 Å². The fraction of sp³-hybridized carbons (Fsp3) is 0.923. The summed E-state index contributed by atoms with van der Waals surface area (Å²) >= 11 is 0. The monoisotopic (exact) mass is 211 g/mol. The molecule has 0 amide bonds. The van der Waals surface area contributed by atoms with Crippen LogP contribution in [0.5, 0.6) is 0 Å². The van der Waals surface area contributed by atoms with Crippen molar-refractivity contribution in [3.63, 3.8) is 0 Å². The van der Waals surface area contributed by atoms with E-state index in [9.17, 15) is 4.79 Å². The number of rotatable bonds is 8. The number of hydrogen-bond donors (Lipinski definition) is 1. The minimum absolute atomic E-state index is 0.125. The van der Waals surface area contributed by atoms with Gasteiger partial charge in [0, 0.05) is 0 Å². The maximum atomic E-state index is 11.0. The van der Waals surface area contributed by atoms with Gasteiger partial charge in [-0.2, -0.15) is 0 Å². The Morgan fingerprint density at radius 1 is 1.33 bits per heavy atom. The zero-order chi connectivity index (χ0) is 11.3. The smallest absolute Gasteiger partial charge is 0.146 e. The van der Waals surface area contributed by atoms with E-state index in [1.165, 1.54) is 38.5 Å². The lowest BCUT2D eigenvalue weighted by Gasteiger charge is -2.16. The minimum atomic E-state index is -0.242. The van der Waals surface area contributed by atoms with Crippen LogP contribution in [0.3, 0.4) is 0 Å². The first-order chi connectivity index (χ1) is 7.11. The lowest BCUT2D eigenvalue weighted by atomic mass is 9.93. The van der Waals surface area contributed by atoms with E-state index in [-0.39, 0.29) is 11.8 Å². The first-order valence-corrected chi connectivity index (χ1v) is 6.37. The Hall–Kier alpha value is -0.370. The van der Waals surface area contributed by atoms with Crippen LogP contribution in [0, 0.1) is 11.8 Å². The second-order valence-electron chi connectivity index (χ2n) is 5.20. The lowest BCUT2D eigenvalue weighted by molar-refractivity contribution is -0.119. The minimum Gasteiger partial charge on any atom is -0.321 e. The number of nitrogens with two attached hydrogens (primary N) is 1. The molecule has 1 aliphatic rings. The fourth-order valence-electron chi connectivity index (χ4n) is 2.06. The summed E-state index contributed by atoms with van der Waals surface area (Å²) in [6.07, 6.45) is 9.36. The fourth-order valence-corrected chi connectivity index (χ4v) is 2.06. The molecule has 1 rings (SSSR count). The third-order valence-corrected chi connectivity index (χ3v) is 3.55. The standard InChI is InChI=1S/C13H25NO/c1-10(13(14)11(2)15)6-4-3-5-7-12-8-9-12/h10,12-13H,3-9,14H2,1-2H3/t10-,13+/m0/s1. The maximum absolute atomic E-state index is 11.0. The van der Waals surface area contributed by atoms with Crippen molar-refractivity contribution >= 4 is 5.78 Å². The quantitative estimate of drug-likeness (QED) is 0.627. The van der Waals surface area contributed by atoms with Crippen molar-refractivity contribution in [2.24, 2.45) is 17.6 Å². The third kappa shape index (κ3) is 5.31. The molecule has 0 spiro atoms. The van der Waals surface area contributed by atoms with Crippen molar-refractivity contribution in [1.29, 1.82) is 0 Å². The van der Waals surface area contributed by atoms with Crippen molar-refractivity contribution in [3.05, 3.63) is 0 Å². The summed E-state index contributed by atoms with van der Waals surface area (Å²) in [6.45, 7) is 3.68. The van der Waals surface area contributed by atoms with Crippen molar-refractivity contribution in [1.82, 2.24) is 0 Å². The van der Waals surface area contributed by atoms with E-state index < -0.39 is 0 Å². The molecular weight excluding hydrogens is 186 g/mol. The highest BCUT2D eigenvalue weighted by molar-refractivity contribution is 5.81. The number of carbonyl (C=O) groups is 1. The van der Waals surface area contributed by atoms with Gasteiger partial charge < -0.3 is 5.73 Å². The predicted molar refractivity (Wildman–Crippen MR) is 63.6 cm³/mol. The highest BCUT2D eigenvalue weighted by Gasteiger charge is 2.20. The molecule has 0 heterocycles. The largest absolute Gasteiger partial charge is 0.321 e. The van der Waals surface area contributed by atoms with Crippen LogP contribution in [0.2, 0.25) is 0 Å². The SMILES string of the molecule is CC(=O)[C@H](N)[C@@H](C)CCCCCC1CC1. The van der Waals surface area contributed by atoms with Crippen LogP contribution in [0.15, 0.2) is 0 Å². The topological polar surface area (TPSA) is 43.1 Å². The van der Waals surface area contributed by atoms with E-state index in [0.717, 1.165) is 12.3 Å². The molecule has 1 fully saturated rings. The zero-order valence-corrected chi connectivity index (χ0v) is 10.2. The summed E-state index contributed by atoms with van der Waals surface area (Å²) < 4.78 is 0. The molecular formula is C13H25NO. The molecule has 0 saturated heterocycles. The van der Waals surface area contributed by atoms with E-state index in [0.29, 0.717) is 5.92 Å². The van der Waals surface area contributed by atoms with Crippen LogP contribution in [-0.2, 0) is 4.79 Å². The Labute approximate surface area is 93.6 Å².